The minimum absolute atomic E-state index is 0.00163. The number of aliphatic hydroxyl groups excluding tert-OH is 4. The molecule has 6 N–H and O–H groups in total. The van der Waals surface area contributed by atoms with Gasteiger partial charge in [-0.15, -0.1) is 0 Å². The maximum atomic E-state index is 14.2. The largest absolute Gasteiger partial charge is 0.436 e. The molecule has 0 aromatic carbocycles. The van der Waals surface area contributed by atoms with Crippen molar-refractivity contribution >= 4 is 22.8 Å². The number of halogens is 1. The molecule has 3 fully saturated rings. The Morgan fingerprint density at radius 3 is 2.18 bits per heavy atom. The number of hydrogen-bond donors (Lipinski definition) is 6. The number of rotatable bonds is 9. The average molecular weight is 488 g/mol. The second kappa shape index (κ2) is 10.1. The first-order chi connectivity index (χ1) is 15.7. The third kappa shape index (κ3) is 4.87. The molecule has 0 aromatic heterocycles. The lowest BCUT2D eigenvalue weighted by Crippen LogP contribution is -2.48. The van der Waals surface area contributed by atoms with Crippen LogP contribution in [0.15, 0.2) is 12.2 Å². The molecule has 0 aromatic rings. The van der Waals surface area contributed by atoms with Gasteiger partial charge in [-0.1, -0.05) is 19.1 Å². The molecular formula is C20H36B3FO10. The molecule has 1 aliphatic carbocycles. The van der Waals surface area contributed by atoms with Gasteiger partial charge >= 0.3 is 15.0 Å². The molecule has 3 rings (SSSR count). The van der Waals surface area contributed by atoms with E-state index in [0.29, 0.717) is 0 Å². The fourth-order valence-electron chi connectivity index (χ4n) is 5.11. The first-order valence-corrected chi connectivity index (χ1v) is 11.6. The Hall–Kier alpha value is -0.535. The Morgan fingerprint density at radius 2 is 1.65 bits per heavy atom. The van der Waals surface area contributed by atoms with Crippen molar-refractivity contribution in [3.8, 4) is 0 Å². The Labute approximate surface area is 201 Å². The molecule has 0 bridgehead atoms. The second-order valence-electron chi connectivity index (χ2n) is 10.4. The summed E-state index contributed by atoms with van der Waals surface area (Å²) in [6.07, 6.45) is -5.75. The normalized spacial score (nSPS) is 51.2. The van der Waals surface area contributed by atoms with Crippen molar-refractivity contribution in [1.29, 1.82) is 0 Å². The molecule has 0 amide bonds. The standard InChI is InChI=1S/C20H36B3FO10/c1-8-10(9(2)18(3,29)13(8)21)5-31-23-17-15(28)19(4,30)11(33-17)6-32-22-16-12(26)14(27)20(24,7-25)34-16/h9-17,22-23,25-30H,1,5-7,21H2,2-4H3/t9-,10+,11-,12-,13-,14+,15+,16-,17-,18-,19+,20-/m1/s1. The maximum absolute atomic E-state index is 14.2. The Balaban J connectivity index is 1.48. The van der Waals surface area contributed by atoms with E-state index in [2.05, 4.69) is 6.58 Å². The molecule has 3 aliphatic rings. The number of alkyl halides is 1. The van der Waals surface area contributed by atoms with E-state index in [1.54, 1.807) is 6.92 Å². The van der Waals surface area contributed by atoms with Gasteiger partial charge in [0.25, 0.3) is 5.85 Å². The zero-order valence-corrected chi connectivity index (χ0v) is 20.1. The minimum atomic E-state index is -2.78. The van der Waals surface area contributed by atoms with Gasteiger partial charge in [0.05, 0.1) is 24.2 Å². The Kier molecular flexibility index (Phi) is 8.31. The summed E-state index contributed by atoms with van der Waals surface area (Å²) in [6, 6.07) is -2.07. The van der Waals surface area contributed by atoms with Crippen LogP contribution in [0.1, 0.15) is 20.8 Å². The SMILES string of the molecule is B[C@@H]1C(=C)[C@H](COB[C@@H]2O[C@H](COB[C@@H]3O[C@](F)(CO)[C@@H](O)[C@H]3O)[C@](C)(O)[C@H]2O)[C@@H](C)[C@@]1(C)O. The van der Waals surface area contributed by atoms with Crippen molar-refractivity contribution in [3.63, 3.8) is 0 Å². The van der Waals surface area contributed by atoms with E-state index < -0.39 is 60.1 Å². The summed E-state index contributed by atoms with van der Waals surface area (Å²) in [5.41, 5.74) is -1.64. The third-order valence-corrected chi connectivity index (χ3v) is 8.22. The van der Waals surface area contributed by atoms with Crippen LogP contribution in [-0.2, 0) is 18.8 Å². The van der Waals surface area contributed by atoms with Crippen molar-refractivity contribution < 1.29 is 53.8 Å². The van der Waals surface area contributed by atoms with Gasteiger partial charge in [0, 0.05) is 12.5 Å². The van der Waals surface area contributed by atoms with E-state index >= 15 is 0 Å². The predicted molar refractivity (Wildman–Crippen MR) is 124 cm³/mol. The van der Waals surface area contributed by atoms with Crippen LogP contribution in [0.4, 0.5) is 4.39 Å². The first kappa shape index (κ1) is 28.0. The summed E-state index contributed by atoms with van der Waals surface area (Å²) in [4.78, 5) is 0. The molecule has 34 heavy (non-hydrogen) atoms. The van der Waals surface area contributed by atoms with Crippen molar-refractivity contribution in [3.05, 3.63) is 12.2 Å². The zero-order chi connectivity index (χ0) is 25.6. The lowest BCUT2D eigenvalue weighted by atomic mass is 9.73. The number of aliphatic hydroxyl groups is 6. The molecule has 1 saturated carbocycles. The monoisotopic (exact) mass is 488 g/mol. The van der Waals surface area contributed by atoms with E-state index in [9.17, 15) is 29.9 Å². The van der Waals surface area contributed by atoms with Gasteiger partial charge in [-0.25, -0.2) is 4.39 Å². The van der Waals surface area contributed by atoms with Crippen LogP contribution in [0.3, 0.4) is 0 Å². The van der Waals surface area contributed by atoms with Crippen LogP contribution >= 0.6 is 0 Å². The van der Waals surface area contributed by atoms with Crippen molar-refractivity contribution in [2.75, 3.05) is 19.8 Å². The van der Waals surface area contributed by atoms with E-state index in [4.69, 9.17) is 23.9 Å². The molecule has 10 nitrogen and oxygen atoms in total. The molecule has 12 atom stereocenters. The van der Waals surface area contributed by atoms with E-state index in [-0.39, 0.29) is 45.8 Å². The average Bonchev–Trinajstić information content (AvgIpc) is 3.20. The van der Waals surface area contributed by atoms with Crippen LogP contribution in [-0.4, -0.2) is 127 Å². The van der Waals surface area contributed by atoms with Crippen LogP contribution in [0.2, 0.25) is 5.82 Å². The Morgan fingerprint density at radius 1 is 1.06 bits per heavy atom. The molecule has 0 unspecified atom stereocenters. The number of hydrogen-bond acceptors (Lipinski definition) is 10. The maximum Gasteiger partial charge on any atom is 0.307 e. The highest BCUT2D eigenvalue weighted by molar-refractivity contribution is 6.30. The van der Waals surface area contributed by atoms with Crippen LogP contribution < -0.4 is 0 Å². The highest BCUT2D eigenvalue weighted by Gasteiger charge is 2.56. The molecule has 2 heterocycles. The lowest BCUT2D eigenvalue weighted by Gasteiger charge is -2.28. The minimum Gasteiger partial charge on any atom is -0.436 e. The van der Waals surface area contributed by atoms with Gasteiger partial charge in [0.2, 0.25) is 0 Å². The van der Waals surface area contributed by atoms with Crippen molar-refractivity contribution in [2.45, 2.75) is 80.1 Å². The first-order valence-electron chi connectivity index (χ1n) is 11.6. The molecular weight excluding hydrogens is 452 g/mol. The van der Waals surface area contributed by atoms with Crippen molar-refractivity contribution in [1.82, 2.24) is 0 Å². The molecule has 2 saturated heterocycles. The number of ether oxygens (including phenoxy) is 2. The summed E-state index contributed by atoms with van der Waals surface area (Å²) < 4.78 is 36.0. The highest BCUT2D eigenvalue weighted by Crippen LogP contribution is 2.49. The van der Waals surface area contributed by atoms with E-state index in [1.807, 2.05) is 14.8 Å². The highest BCUT2D eigenvalue weighted by atomic mass is 19.2. The second-order valence-corrected chi connectivity index (χ2v) is 10.4. The van der Waals surface area contributed by atoms with Gasteiger partial charge < -0.3 is 49.4 Å². The molecule has 0 spiro atoms. The summed E-state index contributed by atoms with van der Waals surface area (Å²) in [5.74, 6) is -2.98. The van der Waals surface area contributed by atoms with E-state index in [1.165, 1.54) is 6.92 Å². The summed E-state index contributed by atoms with van der Waals surface area (Å²) in [6.45, 7) is 8.17. The van der Waals surface area contributed by atoms with Crippen LogP contribution in [0.25, 0.3) is 0 Å². The smallest absolute Gasteiger partial charge is 0.307 e. The summed E-state index contributed by atoms with van der Waals surface area (Å²) in [7, 11) is 1.59. The third-order valence-electron chi connectivity index (χ3n) is 8.22. The predicted octanol–water partition coefficient (Wildman–Crippen LogP) is -3.71. The molecule has 14 heteroatoms. The van der Waals surface area contributed by atoms with Gasteiger partial charge in [-0.2, -0.15) is 0 Å². The molecule has 192 valence electrons. The molecule has 2 aliphatic heterocycles. The fourth-order valence-corrected chi connectivity index (χ4v) is 5.11. The Bertz CT molecular complexity index is 745. The van der Waals surface area contributed by atoms with Gasteiger partial charge in [0.15, 0.2) is 0 Å². The zero-order valence-electron chi connectivity index (χ0n) is 20.1. The fraction of sp³-hybridized carbons (Fsp3) is 0.900. The summed E-state index contributed by atoms with van der Waals surface area (Å²) >= 11 is 0. The van der Waals surface area contributed by atoms with Crippen LogP contribution in [0, 0.1) is 11.8 Å². The lowest BCUT2D eigenvalue weighted by molar-refractivity contribution is -0.188. The van der Waals surface area contributed by atoms with E-state index in [0.717, 1.165) is 5.57 Å². The molecule has 0 radical (unpaired) electrons. The quantitative estimate of drug-likeness (QED) is 0.141. The van der Waals surface area contributed by atoms with Crippen molar-refractivity contribution in [2.24, 2.45) is 11.8 Å². The summed E-state index contributed by atoms with van der Waals surface area (Å²) in [5, 5.41) is 60.6. The van der Waals surface area contributed by atoms with Gasteiger partial charge in [0.1, 0.15) is 44.5 Å². The topological polar surface area (TPSA) is 158 Å². The van der Waals surface area contributed by atoms with Gasteiger partial charge in [-0.3, -0.25) is 0 Å². The van der Waals surface area contributed by atoms with Crippen LogP contribution in [0.5, 0.6) is 0 Å². The van der Waals surface area contributed by atoms with Gasteiger partial charge in [-0.05, 0) is 25.6 Å².